The van der Waals surface area contributed by atoms with Crippen LogP contribution in [0, 0.1) is 0 Å². The Hall–Kier alpha value is -0.660. The maximum absolute atomic E-state index is 12.1. The smallest absolute Gasteiger partial charge is 0.307 e. The van der Waals surface area contributed by atoms with Crippen molar-refractivity contribution in [2.24, 2.45) is 0 Å². The standard InChI is InChI=1S/C14H26N2O4S/c1-3-20-13(17)11-14(5-4-10-21(18,19)12-14)16-8-6-15(2)7-9-16/h3-12H2,1-2H3. The molecule has 1 unspecified atom stereocenters. The summed E-state index contributed by atoms with van der Waals surface area (Å²) in [6.45, 7) is 5.55. The molecule has 2 aliphatic rings. The Balaban J connectivity index is 2.19. The first-order chi connectivity index (χ1) is 9.87. The number of hydrogen-bond acceptors (Lipinski definition) is 6. The summed E-state index contributed by atoms with van der Waals surface area (Å²) < 4.78 is 29.3. The average molecular weight is 318 g/mol. The van der Waals surface area contributed by atoms with Gasteiger partial charge in [0.1, 0.15) is 0 Å². The zero-order chi connectivity index (χ0) is 15.5. The van der Waals surface area contributed by atoms with Gasteiger partial charge >= 0.3 is 5.97 Å². The molecule has 2 saturated heterocycles. The zero-order valence-electron chi connectivity index (χ0n) is 13.0. The quantitative estimate of drug-likeness (QED) is 0.687. The lowest BCUT2D eigenvalue weighted by atomic mass is 9.88. The van der Waals surface area contributed by atoms with Gasteiger partial charge in [-0.3, -0.25) is 9.69 Å². The Morgan fingerprint density at radius 1 is 1.24 bits per heavy atom. The summed E-state index contributed by atoms with van der Waals surface area (Å²) in [6.07, 6.45) is 1.58. The van der Waals surface area contributed by atoms with Gasteiger partial charge in [-0.2, -0.15) is 0 Å². The van der Waals surface area contributed by atoms with Crippen molar-refractivity contribution < 1.29 is 17.9 Å². The Bertz CT molecular complexity index is 471. The van der Waals surface area contributed by atoms with Crippen LogP contribution in [0.3, 0.4) is 0 Å². The van der Waals surface area contributed by atoms with Crippen LogP contribution in [-0.4, -0.2) is 81.1 Å². The number of carbonyl (C=O) groups is 1. The second-order valence-electron chi connectivity index (χ2n) is 6.19. The van der Waals surface area contributed by atoms with E-state index in [1.807, 2.05) is 0 Å². The predicted octanol–water partition coefficient (Wildman–Crippen LogP) is 0.134. The summed E-state index contributed by atoms with van der Waals surface area (Å²) in [4.78, 5) is 16.4. The lowest BCUT2D eigenvalue weighted by Gasteiger charge is -2.48. The molecule has 0 radical (unpaired) electrons. The molecule has 21 heavy (non-hydrogen) atoms. The number of piperazine rings is 1. The summed E-state index contributed by atoms with van der Waals surface area (Å²) in [7, 11) is -1.01. The largest absolute Gasteiger partial charge is 0.466 e. The van der Waals surface area contributed by atoms with Crippen LogP contribution in [-0.2, 0) is 19.4 Å². The van der Waals surface area contributed by atoms with Crippen molar-refractivity contribution in [2.75, 3.05) is 51.3 Å². The number of esters is 1. The molecular weight excluding hydrogens is 292 g/mol. The third kappa shape index (κ3) is 4.17. The van der Waals surface area contributed by atoms with Crippen LogP contribution in [0.25, 0.3) is 0 Å². The van der Waals surface area contributed by atoms with Crippen molar-refractivity contribution in [2.45, 2.75) is 31.7 Å². The van der Waals surface area contributed by atoms with E-state index in [0.29, 0.717) is 13.0 Å². The Kier molecular flexibility index (Phi) is 5.27. The average Bonchev–Trinajstić information content (AvgIpc) is 2.38. The summed E-state index contributed by atoms with van der Waals surface area (Å²) >= 11 is 0. The van der Waals surface area contributed by atoms with Crippen LogP contribution >= 0.6 is 0 Å². The number of ether oxygens (including phenoxy) is 1. The van der Waals surface area contributed by atoms with Crippen molar-refractivity contribution in [1.82, 2.24) is 9.80 Å². The van der Waals surface area contributed by atoms with Gasteiger partial charge in [0.25, 0.3) is 0 Å². The van der Waals surface area contributed by atoms with E-state index in [4.69, 9.17) is 4.74 Å². The molecule has 122 valence electrons. The first kappa shape index (κ1) is 16.7. The number of carbonyl (C=O) groups excluding carboxylic acids is 1. The number of nitrogens with zero attached hydrogens (tertiary/aromatic N) is 2. The van der Waals surface area contributed by atoms with Crippen molar-refractivity contribution in [3.05, 3.63) is 0 Å². The molecule has 2 heterocycles. The fourth-order valence-electron chi connectivity index (χ4n) is 3.44. The molecule has 0 spiro atoms. The summed E-state index contributed by atoms with van der Waals surface area (Å²) in [5.41, 5.74) is -0.565. The molecule has 0 aromatic heterocycles. The highest BCUT2D eigenvalue weighted by molar-refractivity contribution is 7.91. The van der Waals surface area contributed by atoms with Crippen molar-refractivity contribution >= 4 is 15.8 Å². The molecule has 6 nitrogen and oxygen atoms in total. The molecule has 2 fully saturated rings. The molecule has 0 aliphatic carbocycles. The van der Waals surface area contributed by atoms with Gasteiger partial charge in [-0.15, -0.1) is 0 Å². The van der Waals surface area contributed by atoms with E-state index in [1.165, 1.54) is 0 Å². The van der Waals surface area contributed by atoms with Crippen molar-refractivity contribution in [1.29, 1.82) is 0 Å². The van der Waals surface area contributed by atoms with Gasteiger partial charge in [0.05, 0.1) is 24.5 Å². The Labute approximate surface area is 127 Å². The molecule has 0 aromatic rings. The lowest BCUT2D eigenvalue weighted by Crippen LogP contribution is -2.61. The van der Waals surface area contributed by atoms with E-state index in [-0.39, 0.29) is 23.9 Å². The molecule has 0 N–H and O–H groups in total. The van der Waals surface area contributed by atoms with Gasteiger partial charge in [0.15, 0.2) is 9.84 Å². The number of hydrogen-bond donors (Lipinski definition) is 0. The highest BCUT2D eigenvalue weighted by Gasteiger charge is 2.45. The number of likely N-dealkylation sites (N-methyl/N-ethyl adjacent to an activating group) is 1. The van der Waals surface area contributed by atoms with Gasteiger partial charge in [0, 0.05) is 31.7 Å². The molecule has 0 bridgehead atoms. The van der Waals surface area contributed by atoms with Crippen LogP contribution < -0.4 is 0 Å². The van der Waals surface area contributed by atoms with Gasteiger partial charge in [-0.1, -0.05) is 0 Å². The fraction of sp³-hybridized carbons (Fsp3) is 0.929. The molecule has 1 atom stereocenters. The normalized spacial score (nSPS) is 31.0. The van der Waals surface area contributed by atoms with E-state index >= 15 is 0 Å². The molecule has 0 saturated carbocycles. The molecular formula is C14H26N2O4S. The molecule has 7 heteroatoms. The molecule has 2 aliphatic heterocycles. The summed E-state index contributed by atoms with van der Waals surface area (Å²) in [6, 6.07) is 0. The van der Waals surface area contributed by atoms with Gasteiger partial charge < -0.3 is 9.64 Å². The number of sulfone groups is 1. The van der Waals surface area contributed by atoms with Crippen LogP contribution in [0.4, 0.5) is 0 Å². The minimum absolute atomic E-state index is 0.0858. The highest BCUT2D eigenvalue weighted by atomic mass is 32.2. The Morgan fingerprint density at radius 2 is 1.90 bits per heavy atom. The SMILES string of the molecule is CCOC(=O)CC1(N2CCN(C)CC2)CCCS(=O)(=O)C1. The predicted molar refractivity (Wildman–Crippen MR) is 80.9 cm³/mol. The minimum atomic E-state index is -3.08. The summed E-state index contributed by atoms with van der Waals surface area (Å²) in [5, 5.41) is 0. The van der Waals surface area contributed by atoms with Gasteiger partial charge in [0.2, 0.25) is 0 Å². The van der Waals surface area contributed by atoms with Gasteiger partial charge in [-0.05, 0) is 26.8 Å². The third-order valence-electron chi connectivity index (χ3n) is 4.54. The topological polar surface area (TPSA) is 66.9 Å². The first-order valence-corrected chi connectivity index (χ1v) is 9.49. The van der Waals surface area contributed by atoms with Gasteiger partial charge in [-0.25, -0.2) is 8.42 Å². The second-order valence-corrected chi connectivity index (χ2v) is 8.38. The van der Waals surface area contributed by atoms with E-state index in [0.717, 1.165) is 32.6 Å². The highest BCUT2D eigenvalue weighted by Crippen LogP contribution is 2.33. The fourth-order valence-corrected chi connectivity index (χ4v) is 5.41. The molecule has 0 aromatic carbocycles. The zero-order valence-corrected chi connectivity index (χ0v) is 13.8. The van der Waals surface area contributed by atoms with E-state index in [9.17, 15) is 13.2 Å². The molecule has 2 rings (SSSR count). The monoisotopic (exact) mass is 318 g/mol. The third-order valence-corrected chi connectivity index (χ3v) is 6.43. The maximum Gasteiger partial charge on any atom is 0.307 e. The van der Waals surface area contributed by atoms with E-state index < -0.39 is 15.4 Å². The Morgan fingerprint density at radius 3 is 2.48 bits per heavy atom. The van der Waals surface area contributed by atoms with E-state index in [1.54, 1.807) is 6.92 Å². The molecule has 0 amide bonds. The minimum Gasteiger partial charge on any atom is -0.466 e. The van der Waals surface area contributed by atoms with E-state index in [2.05, 4.69) is 16.8 Å². The number of rotatable bonds is 4. The second kappa shape index (κ2) is 6.62. The first-order valence-electron chi connectivity index (χ1n) is 7.66. The lowest BCUT2D eigenvalue weighted by molar-refractivity contribution is -0.146. The van der Waals surface area contributed by atoms with Crippen molar-refractivity contribution in [3.63, 3.8) is 0 Å². The summed E-state index contributed by atoms with van der Waals surface area (Å²) in [5.74, 6) is 0.0435. The van der Waals surface area contributed by atoms with Crippen LogP contribution in [0.1, 0.15) is 26.2 Å². The van der Waals surface area contributed by atoms with Crippen molar-refractivity contribution in [3.8, 4) is 0 Å². The van der Waals surface area contributed by atoms with Crippen LogP contribution in [0.15, 0.2) is 0 Å². The maximum atomic E-state index is 12.1. The van der Waals surface area contributed by atoms with Crippen LogP contribution in [0.5, 0.6) is 0 Å². The van der Waals surface area contributed by atoms with Crippen LogP contribution in [0.2, 0.25) is 0 Å².